The van der Waals surface area contributed by atoms with Gasteiger partial charge in [-0.3, -0.25) is 19.9 Å². The van der Waals surface area contributed by atoms with Crippen molar-refractivity contribution in [3.8, 4) is 0 Å². The molecule has 0 bridgehead atoms. The molecule has 0 aromatic rings. The molecule has 10 nitrogen and oxygen atoms in total. The highest BCUT2D eigenvalue weighted by molar-refractivity contribution is 6.35. The lowest BCUT2D eigenvalue weighted by Crippen LogP contribution is -2.32. The Bertz CT molecular complexity index is 501. The van der Waals surface area contributed by atoms with E-state index in [0.717, 1.165) is 19.3 Å². The van der Waals surface area contributed by atoms with Crippen molar-refractivity contribution in [3.05, 3.63) is 0 Å². The van der Waals surface area contributed by atoms with Gasteiger partial charge in [0, 0.05) is 32.5 Å². The first-order valence-electron chi connectivity index (χ1n) is 12.3. The number of hydrogen-bond acceptors (Lipinski definition) is 9. The van der Waals surface area contributed by atoms with E-state index in [1.807, 2.05) is 0 Å². The van der Waals surface area contributed by atoms with Crippen LogP contribution in [0.3, 0.4) is 0 Å². The van der Waals surface area contributed by atoms with Crippen LogP contribution in [0, 0.1) is 5.41 Å². The van der Waals surface area contributed by atoms with Crippen molar-refractivity contribution in [1.82, 2.24) is 4.90 Å². The van der Waals surface area contributed by atoms with Gasteiger partial charge in [0.15, 0.2) is 0 Å². The standard InChI is InChI=1S/C15H27NO3.C6H15NO3.C3H6O2/c1-3-4-5-6-7-8-9-10-11-12-14(17)19-15(18)13(2)16;8-4-1-7(2-5-9)3-6-10;1-2-3(4)5/h16H,3-12H2,1-2H3;8-10H,1-6H2;2H2,1H3,(H,4,5). The molecule has 0 saturated heterocycles. The number of hydrogen-bond donors (Lipinski definition) is 5. The number of unbranched alkanes of at least 4 members (excludes halogenated alkanes) is 8. The summed E-state index contributed by atoms with van der Waals surface area (Å²) in [6, 6.07) is 0. The zero-order valence-corrected chi connectivity index (χ0v) is 21.4. The summed E-state index contributed by atoms with van der Waals surface area (Å²) in [5.41, 5.74) is -0.236. The lowest BCUT2D eigenvalue weighted by molar-refractivity contribution is -0.155. The lowest BCUT2D eigenvalue weighted by atomic mass is 10.1. The fourth-order valence-electron chi connectivity index (χ4n) is 2.57. The number of carbonyl (C=O) groups is 3. The number of aliphatic hydroxyl groups excluding tert-OH is 3. The lowest BCUT2D eigenvalue weighted by Gasteiger charge is -2.17. The van der Waals surface area contributed by atoms with E-state index in [2.05, 4.69) is 11.7 Å². The third-order valence-corrected chi connectivity index (χ3v) is 4.55. The minimum absolute atomic E-state index is 0.0694. The molecule has 0 fully saturated rings. The first-order valence-corrected chi connectivity index (χ1v) is 12.3. The molecule has 0 radical (unpaired) electrons. The zero-order valence-electron chi connectivity index (χ0n) is 21.4. The maximum atomic E-state index is 11.2. The first-order chi connectivity index (χ1) is 16.2. The number of rotatable bonds is 18. The summed E-state index contributed by atoms with van der Waals surface area (Å²) in [7, 11) is 0. The van der Waals surface area contributed by atoms with Gasteiger partial charge < -0.3 is 25.2 Å². The van der Waals surface area contributed by atoms with E-state index in [1.54, 1.807) is 11.8 Å². The smallest absolute Gasteiger partial charge is 0.359 e. The Labute approximate surface area is 204 Å². The van der Waals surface area contributed by atoms with E-state index in [0.29, 0.717) is 19.6 Å². The van der Waals surface area contributed by atoms with Crippen LogP contribution in [-0.2, 0) is 19.1 Å². The molecule has 0 unspecified atom stereocenters. The molecule has 0 rings (SSSR count). The maximum Gasteiger partial charge on any atom is 0.359 e. The van der Waals surface area contributed by atoms with Crippen LogP contribution in [0.25, 0.3) is 0 Å². The summed E-state index contributed by atoms with van der Waals surface area (Å²) in [5.74, 6) is -2.09. The summed E-state index contributed by atoms with van der Waals surface area (Å²) in [6.07, 6.45) is 11.1. The topological polar surface area (TPSA) is 168 Å². The molecular formula is C24H48N2O8. The number of carbonyl (C=O) groups excluding carboxylic acids is 2. The molecule has 34 heavy (non-hydrogen) atoms. The molecular weight excluding hydrogens is 444 g/mol. The van der Waals surface area contributed by atoms with Gasteiger partial charge in [-0.15, -0.1) is 0 Å². The predicted octanol–water partition coefficient (Wildman–Crippen LogP) is 2.76. The fourth-order valence-corrected chi connectivity index (χ4v) is 2.57. The summed E-state index contributed by atoms with van der Waals surface area (Å²) < 4.78 is 4.48. The average Bonchev–Trinajstić information content (AvgIpc) is 2.79. The highest BCUT2D eigenvalue weighted by Crippen LogP contribution is 2.10. The molecule has 0 aromatic carbocycles. The maximum absolute atomic E-state index is 11.2. The van der Waals surface area contributed by atoms with Crippen LogP contribution in [0.1, 0.15) is 91.4 Å². The second-order valence-electron chi connectivity index (χ2n) is 7.72. The van der Waals surface area contributed by atoms with E-state index in [1.165, 1.54) is 45.4 Å². The molecule has 0 aromatic heterocycles. The van der Waals surface area contributed by atoms with Crippen molar-refractivity contribution in [2.75, 3.05) is 39.5 Å². The summed E-state index contributed by atoms with van der Waals surface area (Å²) in [4.78, 5) is 33.3. The monoisotopic (exact) mass is 492 g/mol. The third kappa shape index (κ3) is 32.3. The second kappa shape index (κ2) is 29.2. The number of aliphatic hydroxyl groups is 3. The normalized spacial score (nSPS) is 9.97. The molecule has 0 aliphatic carbocycles. The number of esters is 2. The van der Waals surface area contributed by atoms with Crippen LogP contribution >= 0.6 is 0 Å². The Morgan fingerprint density at radius 2 is 1.15 bits per heavy atom. The molecule has 0 spiro atoms. The van der Waals surface area contributed by atoms with Crippen LogP contribution in [0.15, 0.2) is 0 Å². The quantitative estimate of drug-likeness (QED) is 0.0835. The highest BCUT2D eigenvalue weighted by Gasteiger charge is 2.11. The van der Waals surface area contributed by atoms with Crippen molar-refractivity contribution < 1.29 is 39.5 Å². The molecule has 0 heterocycles. The molecule has 0 saturated carbocycles. The Balaban J connectivity index is -0.000000531. The van der Waals surface area contributed by atoms with Crippen LogP contribution in [0.4, 0.5) is 0 Å². The van der Waals surface area contributed by atoms with Gasteiger partial charge in [-0.25, -0.2) is 4.79 Å². The number of nitrogens with one attached hydrogen (secondary N) is 1. The van der Waals surface area contributed by atoms with E-state index < -0.39 is 17.9 Å². The number of nitrogens with zero attached hydrogens (tertiary/aromatic N) is 1. The minimum atomic E-state index is -0.832. The summed E-state index contributed by atoms with van der Waals surface area (Å²) in [5, 5.41) is 40.2. The Hall–Kier alpha value is -1.88. The second-order valence-corrected chi connectivity index (χ2v) is 7.72. The number of aliphatic carboxylic acids is 1. The van der Waals surface area contributed by atoms with Crippen LogP contribution in [0.2, 0.25) is 0 Å². The minimum Gasteiger partial charge on any atom is -0.481 e. The van der Waals surface area contributed by atoms with Gasteiger partial charge in [-0.2, -0.15) is 0 Å². The molecule has 0 amide bonds. The van der Waals surface area contributed by atoms with Gasteiger partial charge in [-0.05, 0) is 13.3 Å². The SMILES string of the molecule is CCC(=O)O.CCCCCCCCCCCC(=O)OC(=O)C(C)=N.OCCN(CCO)CCO. The largest absolute Gasteiger partial charge is 0.481 e. The molecule has 10 heteroatoms. The van der Waals surface area contributed by atoms with Gasteiger partial charge in [0.2, 0.25) is 0 Å². The highest BCUT2D eigenvalue weighted by atomic mass is 16.6. The van der Waals surface area contributed by atoms with Crippen molar-refractivity contribution >= 4 is 23.6 Å². The average molecular weight is 493 g/mol. The third-order valence-electron chi connectivity index (χ3n) is 4.55. The summed E-state index contributed by atoms with van der Waals surface area (Å²) in [6.45, 7) is 6.88. The van der Waals surface area contributed by atoms with Crippen molar-refractivity contribution in [2.24, 2.45) is 0 Å². The number of ether oxygens (including phenoxy) is 1. The predicted molar refractivity (Wildman–Crippen MR) is 132 cm³/mol. The Kier molecular flexibility index (Phi) is 31.5. The zero-order chi connectivity index (χ0) is 26.6. The Morgan fingerprint density at radius 3 is 1.47 bits per heavy atom. The van der Waals surface area contributed by atoms with Crippen LogP contribution in [0.5, 0.6) is 0 Å². The molecule has 0 atom stereocenters. The van der Waals surface area contributed by atoms with Crippen molar-refractivity contribution in [1.29, 1.82) is 5.41 Å². The van der Waals surface area contributed by atoms with Gasteiger partial charge >= 0.3 is 17.9 Å². The van der Waals surface area contributed by atoms with Gasteiger partial charge in [0.25, 0.3) is 0 Å². The van der Waals surface area contributed by atoms with Crippen molar-refractivity contribution in [3.63, 3.8) is 0 Å². The van der Waals surface area contributed by atoms with Gasteiger partial charge in [0.1, 0.15) is 5.71 Å². The van der Waals surface area contributed by atoms with Gasteiger partial charge in [0.05, 0.1) is 19.8 Å². The summed E-state index contributed by atoms with van der Waals surface area (Å²) >= 11 is 0. The molecule has 5 N–H and O–H groups in total. The fraction of sp³-hybridized carbons (Fsp3) is 0.833. The molecule has 0 aliphatic rings. The van der Waals surface area contributed by atoms with Crippen LogP contribution in [-0.4, -0.2) is 88.4 Å². The van der Waals surface area contributed by atoms with E-state index >= 15 is 0 Å². The first kappa shape index (κ1) is 36.7. The van der Waals surface area contributed by atoms with Gasteiger partial charge in [-0.1, -0.05) is 65.2 Å². The van der Waals surface area contributed by atoms with Crippen LogP contribution < -0.4 is 0 Å². The Morgan fingerprint density at radius 1 is 0.765 bits per heavy atom. The van der Waals surface area contributed by atoms with E-state index in [9.17, 15) is 14.4 Å². The molecule has 0 aliphatic heterocycles. The number of carboxylic acids is 1. The molecule has 202 valence electrons. The van der Waals surface area contributed by atoms with E-state index in [4.69, 9.17) is 25.8 Å². The van der Waals surface area contributed by atoms with E-state index in [-0.39, 0.29) is 38.4 Å². The van der Waals surface area contributed by atoms with Crippen molar-refractivity contribution in [2.45, 2.75) is 91.4 Å². The number of carboxylic acid groups (broad SMARTS) is 1.